The summed E-state index contributed by atoms with van der Waals surface area (Å²) in [6.07, 6.45) is 0. The normalized spacial score (nSPS) is 14.2. The van der Waals surface area contributed by atoms with Crippen LogP contribution in [0.4, 0.5) is 5.95 Å². The van der Waals surface area contributed by atoms with Crippen LogP contribution in [0.25, 0.3) is 5.69 Å². The summed E-state index contributed by atoms with van der Waals surface area (Å²) in [6.45, 7) is 5.03. The molecule has 2 heterocycles. The molecule has 1 amide bonds. The molecule has 0 unspecified atom stereocenters. The van der Waals surface area contributed by atoms with Crippen molar-refractivity contribution in [2.45, 2.75) is 17.8 Å². The number of hydrogen-bond donors (Lipinski definition) is 1. The Balaban J connectivity index is 1.66. The summed E-state index contributed by atoms with van der Waals surface area (Å²) < 4.78 is 7.61. The van der Waals surface area contributed by atoms with Crippen LogP contribution in [0.15, 0.2) is 53.7 Å². The van der Waals surface area contributed by atoms with E-state index in [-0.39, 0.29) is 0 Å². The Labute approximate surface area is 173 Å². The molecule has 0 spiro atoms. The standard InChI is InChI=1S/C21H23N5O2S/c1-15-5-2-3-8-18(15)26-20(25-9-11-28-12-10-25)23-24-21(26)29-14-16-6-4-7-17(13-16)19(22)27/h2-8,13H,9-12,14H2,1H3,(H2,22,27). The van der Waals surface area contributed by atoms with E-state index in [0.29, 0.717) is 24.5 Å². The number of ether oxygens (including phenoxy) is 1. The number of thioether (sulfide) groups is 1. The van der Waals surface area contributed by atoms with Gasteiger partial charge in [-0.05, 0) is 36.2 Å². The van der Waals surface area contributed by atoms with Crippen LogP contribution in [0.3, 0.4) is 0 Å². The number of amides is 1. The summed E-state index contributed by atoms with van der Waals surface area (Å²) in [5.41, 5.74) is 9.14. The number of nitrogens with two attached hydrogens (primary N) is 1. The largest absolute Gasteiger partial charge is 0.378 e. The zero-order valence-corrected chi connectivity index (χ0v) is 17.1. The molecule has 2 aromatic carbocycles. The van der Waals surface area contributed by atoms with Crippen LogP contribution in [-0.4, -0.2) is 47.0 Å². The minimum atomic E-state index is -0.422. The Hall–Kier alpha value is -2.84. The van der Waals surface area contributed by atoms with Gasteiger partial charge in [0.1, 0.15) is 0 Å². The third-order valence-electron chi connectivity index (χ3n) is 4.85. The molecule has 8 heteroatoms. The quantitative estimate of drug-likeness (QED) is 0.630. The molecular formula is C21H23N5O2S. The Morgan fingerprint density at radius 2 is 1.93 bits per heavy atom. The van der Waals surface area contributed by atoms with Gasteiger partial charge in [0, 0.05) is 24.4 Å². The van der Waals surface area contributed by atoms with Crippen molar-refractivity contribution in [3.63, 3.8) is 0 Å². The van der Waals surface area contributed by atoms with E-state index in [1.165, 1.54) is 0 Å². The topological polar surface area (TPSA) is 86.3 Å². The first-order chi connectivity index (χ1) is 14.1. The van der Waals surface area contributed by atoms with Gasteiger partial charge < -0.3 is 15.4 Å². The third kappa shape index (κ3) is 4.28. The number of aromatic nitrogens is 3. The van der Waals surface area contributed by atoms with Gasteiger partial charge in [-0.1, -0.05) is 42.1 Å². The molecule has 29 heavy (non-hydrogen) atoms. The monoisotopic (exact) mass is 409 g/mol. The Bertz CT molecular complexity index is 1010. The average Bonchev–Trinajstić information content (AvgIpc) is 3.17. The van der Waals surface area contributed by atoms with E-state index in [9.17, 15) is 4.79 Å². The van der Waals surface area contributed by atoms with Gasteiger partial charge >= 0.3 is 0 Å². The molecule has 3 aromatic rings. The number of carbonyl (C=O) groups is 1. The van der Waals surface area contributed by atoms with Crippen LogP contribution < -0.4 is 10.6 Å². The average molecular weight is 410 g/mol. The van der Waals surface area contributed by atoms with Gasteiger partial charge in [-0.15, -0.1) is 10.2 Å². The minimum absolute atomic E-state index is 0.422. The number of carbonyl (C=O) groups excluding carboxylic acids is 1. The van der Waals surface area contributed by atoms with E-state index in [1.807, 2.05) is 30.3 Å². The molecule has 2 N–H and O–H groups in total. The fourth-order valence-corrected chi connectivity index (χ4v) is 4.19. The first kappa shape index (κ1) is 19.5. The lowest BCUT2D eigenvalue weighted by Gasteiger charge is -2.28. The van der Waals surface area contributed by atoms with Crippen molar-refractivity contribution in [2.24, 2.45) is 5.73 Å². The lowest BCUT2D eigenvalue weighted by Crippen LogP contribution is -2.38. The van der Waals surface area contributed by atoms with Crippen LogP contribution in [0, 0.1) is 6.92 Å². The van der Waals surface area contributed by atoms with Gasteiger partial charge in [-0.25, -0.2) is 0 Å². The summed E-state index contributed by atoms with van der Waals surface area (Å²) in [4.78, 5) is 13.7. The summed E-state index contributed by atoms with van der Waals surface area (Å²) in [7, 11) is 0. The number of aryl methyl sites for hydroxylation is 1. The zero-order chi connectivity index (χ0) is 20.2. The van der Waals surface area contributed by atoms with Crippen LogP contribution in [-0.2, 0) is 10.5 Å². The predicted molar refractivity (Wildman–Crippen MR) is 114 cm³/mol. The molecule has 0 aliphatic carbocycles. The maximum atomic E-state index is 11.5. The first-order valence-electron chi connectivity index (χ1n) is 9.49. The number of hydrogen-bond acceptors (Lipinski definition) is 6. The van der Waals surface area contributed by atoms with Crippen molar-refractivity contribution in [3.05, 3.63) is 65.2 Å². The highest BCUT2D eigenvalue weighted by Gasteiger charge is 2.22. The Morgan fingerprint density at radius 1 is 1.14 bits per heavy atom. The van der Waals surface area contributed by atoms with E-state index >= 15 is 0 Å². The molecule has 150 valence electrons. The van der Waals surface area contributed by atoms with Gasteiger partial charge in [0.25, 0.3) is 0 Å². The number of benzene rings is 2. The lowest BCUT2D eigenvalue weighted by atomic mass is 10.1. The molecular weight excluding hydrogens is 386 g/mol. The second-order valence-electron chi connectivity index (χ2n) is 6.86. The lowest BCUT2D eigenvalue weighted by molar-refractivity contribution is 0.1000. The van der Waals surface area contributed by atoms with Crippen LogP contribution >= 0.6 is 11.8 Å². The van der Waals surface area contributed by atoms with Crippen molar-refractivity contribution in [1.82, 2.24) is 14.8 Å². The molecule has 1 fully saturated rings. The molecule has 1 aliphatic heterocycles. The van der Waals surface area contributed by atoms with Gasteiger partial charge in [0.05, 0.1) is 18.9 Å². The summed E-state index contributed by atoms with van der Waals surface area (Å²) >= 11 is 1.59. The first-order valence-corrected chi connectivity index (χ1v) is 10.5. The SMILES string of the molecule is Cc1ccccc1-n1c(SCc2cccc(C(N)=O)c2)nnc1N1CCOCC1. The highest BCUT2D eigenvalue weighted by Crippen LogP contribution is 2.30. The minimum Gasteiger partial charge on any atom is -0.378 e. The second-order valence-corrected chi connectivity index (χ2v) is 7.80. The number of nitrogens with zero attached hydrogens (tertiary/aromatic N) is 4. The fraction of sp³-hybridized carbons (Fsp3) is 0.286. The highest BCUT2D eigenvalue weighted by molar-refractivity contribution is 7.98. The zero-order valence-electron chi connectivity index (χ0n) is 16.2. The van der Waals surface area contributed by atoms with Crippen molar-refractivity contribution in [2.75, 3.05) is 31.2 Å². The molecule has 1 saturated heterocycles. The molecule has 0 radical (unpaired) electrons. The van der Waals surface area contributed by atoms with E-state index in [1.54, 1.807) is 17.8 Å². The summed E-state index contributed by atoms with van der Waals surface area (Å²) in [5.74, 6) is 1.07. The van der Waals surface area contributed by atoms with Crippen LogP contribution in [0.1, 0.15) is 21.5 Å². The number of morpholine rings is 1. The van der Waals surface area contributed by atoms with Crippen molar-refractivity contribution < 1.29 is 9.53 Å². The smallest absolute Gasteiger partial charge is 0.248 e. The molecule has 1 aliphatic rings. The molecule has 4 rings (SSSR count). The summed E-state index contributed by atoms with van der Waals surface area (Å²) in [6, 6.07) is 15.6. The van der Waals surface area contributed by atoms with E-state index in [2.05, 4.69) is 38.7 Å². The molecule has 7 nitrogen and oxygen atoms in total. The van der Waals surface area contributed by atoms with E-state index in [0.717, 1.165) is 41.0 Å². The second kappa shape index (κ2) is 8.67. The maximum Gasteiger partial charge on any atom is 0.248 e. The fourth-order valence-electron chi connectivity index (χ4n) is 3.31. The molecule has 1 aromatic heterocycles. The maximum absolute atomic E-state index is 11.5. The number of rotatable bonds is 6. The van der Waals surface area contributed by atoms with Gasteiger partial charge in [0.15, 0.2) is 5.16 Å². The van der Waals surface area contributed by atoms with E-state index < -0.39 is 5.91 Å². The van der Waals surface area contributed by atoms with Crippen LogP contribution in [0.2, 0.25) is 0 Å². The van der Waals surface area contributed by atoms with Gasteiger partial charge in [-0.3, -0.25) is 9.36 Å². The van der Waals surface area contributed by atoms with Crippen LogP contribution in [0.5, 0.6) is 0 Å². The molecule has 0 bridgehead atoms. The van der Waals surface area contributed by atoms with Crippen molar-refractivity contribution in [1.29, 1.82) is 0 Å². The van der Waals surface area contributed by atoms with Crippen molar-refractivity contribution in [3.8, 4) is 5.69 Å². The number of anilines is 1. The molecule has 0 saturated carbocycles. The van der Waals surface area contributed by atoms with Gasteiger partial charge in [-0.2, -0.15) is 0 Å². The third-order valence-corrected chi connectivity index (χ3v) is 5.85. The Kier molecular flexibility index (Phi) is 5.82. The Morgan fingerprint density at radius 3 is 2.69 bits per heavy atom. The molecule has 0 atom stereocenters. The van der Waals surface area contributed by atoms with Crippen molar-refractivity contribution >= 4 is 23.6 Å². The van der Waals surface area contributed by atoms with E-state index in [4.69, 9.17) is 10.5 Å². The van der Waals surface area contributed by atoms with Gasteiger partial charge in [0.2, 0.25) is 11.9 Å². The summed E-state index contributed by atoms with van der Waals surface area (Å²) in [5, 5.41) is 9.80. The number of primary amides is 1. The predicted octanol–water partition coefficient (Wildman–Crippen LogP) is 2.80. The number of para-hydroxylation sites is 1. The highest BCUT2D eigenvalue weighted by atomic mass is 32.2.